The smallest absolute Gasteiger partial charge is 0.242 e. The zero-order valence-electron chi connectivity index (χ0n) is 13.1. The lowest BCUT2D eigenvalue weighted by molar-refractivity contribution is 0.202. The number of aromatic nitrogens is 2. The quantitative estimate of drug-likeness (QED) is 0.927. The van der Waals surface area contributed by atoms with Crippen LogP contribution in [0.1, 0.15) is 46.0 Å². The molecule has 116 valence electrons. The third-order valence-electron chi connectivity index (χ3n) is 4.76. The Morgan fingerprint density at radius 1 is 1.19 bits per heavy atom. The second kappa shape index (κ2) is 6.08. The molecule has 0 aromatic carbocycles. The largest absolute Gasteiger partial charge is 0.473 e. The monoisotopic (exact) mass is 290 g/mol. The lowest BCUT2D eigenvalue weighted by Gasteiger charge is -2.42. The van der Waals surface area contributed by atoms with Gasteiger partial charge < -0.3 is 15.4 Å². The molecule has 1 saturated carbocycles. The molecule has 5 heteroatoms. The molecule has 1 aliphatic carbocycles. The minimum absolute atomic E-state index is 0.0686. The fraction of sp³-hybridized carbons (Fsp3) is 0.750. The fourth-order valence-corrected chi connectivity index (χ4v) is 3.73. The molecule has 1 saturated heterocycles. The standard InChI is InChI=1S/C16H26N4O/c1-11(2)21-16-14(17)15(18-10-19-16)20-8-7-12-5-3-4-6-13(12)9-20/h10-13H,3-9,17H2,1-2H3. The van der Waals surface area contributed by atoms with Crippen LogP contribution < -0.4 is 15.4 Å². The summed E-state index contributed by atoms with van der Waals surface area (Å²) in [5.74, 6) is 3.08. The summed E-state index contributed by atoms with van der Waals surface area (Å²) < 4.78 is 5.68. The van der Waals surface area contributed by atoms with Gasteiger partial charge in [-0.3, -0.25) is 0 Å². The summed E-state index contributed by atoms with van der Waals surface area (Å²) in [7, 11) is 0. The maximum atomic E-state index is 6.24. The molecular weight excluding hydrogens is 264 g/mol. The highest BCUT2D eigenvalue weighted by Gasteiger charge is 2.32. The van der Waals surface area contributed by atoms with Crippen LogP contribution >= 0.6 is 0 Å². The SMILES string of the molecule is CC(C)Oc1ncnc(N2CCC3CCCCC3C2)c1N. The van der Waals surface area contributed by atoms with Gasteiger partial charge in [0.05, 0.1) is 6.10 Å². The number of nitrogens with zero attached hydrogens (tertiary/aromatic N) is 3. The number of anilines is 2. The number of rotatable bonds is 3. The molecule has 2 unspecified atom stereocenters. The topological polar surface area (TPSA) is 64.3 Å². The molecule has 2 atom stereocenters. The van der Waals surface area contributed by atoms with Gasteiger partial charge in [0.1, 0.15) is 12.0 Å². The average Bonchev–Trinajstić information content (AvgIpc) is 2.48. The Bertz CT molecular complexity index is 491. The van der Waals surface area contributed by atoms with Gasteiger partial charge in [0, 0.05) is 13.1 Å². The molecule has 5 nitrogen and oxygen atoms in total. The van der Waals surface area contributed by atoms with E-state index in [1.54, 1.807) is 6.33 Å². The zero-order chi connectivity index (χ0) is 14.8. The van der Waals surface area contributed by atoms with Crippen LogP contribution in [0.4, 0.5) is 11.5 Å². The Morgan fingerprint density at radius 2 is 1.95 bits per heavy atom. The molecule has 0 amide bonds. The third kappa shape index (κ3) is 3.06. The van der Waals surface area contributed by atoms with Crippen LogP contribution in [0.3, 0.4) is 0 Å². The van der Waals surface area contributed by atoms with Gasteiger partial charge in [0.2, 0.25) is 5.88 Å². The number of nitrogens with two attached hydrogens (primary N) is 1. The fourth-order valence-electron chi connectivity index (χ4n) is 3.73. The van der Waals surface area contributed by atoms with Crippen molar-refractivity contribution >= 4 is 11.5 Å². The van der Waals surface area contributed by atoms with Crippen LogP contribution in [0.2, 0.25) is 0 Å². The van der Waals surface area contributed by atoms with E-state index in [0.717, 1.165) is 30.7 Å². The molecule has 0 spiro atoms. The predicted molar refractivity (Wildman–Crippen MR) is 84.5 cm³/mol. The first kappa shape index (κ1) is 14.4. The summed E-state index contributed by atoms with van der Waals surface area (Å²) >= 11 is 0. The molecule has 2 N–H and O–H groups in total. The molecule has 2 aliphatic rings. The Labute approximate surface area is 126 Å². The Morgan fingerprint density at radius 3 is 2.71 bits per heavy atom. The molecule has 1 aromatic heterocycles. The minimum atomic E-state index is 0.0686. The van der Waals surface area contributed by atoms with E-state index in [1.165, 1.54) is 32.1 Å². The summed E-state index contributed by atoms with van der Waals surface area (Å²) in [5, 5.41) is 0. The van der Waals surface area contributed by atoms with E-state index in [0.29, 0.717) is 11.6 Å². The van der Waals surface area contributed by atoms with Crippen LogP contribution in [0.15, 0.2) is 6.33 Å². The first-order valence-corrected chi connectivity index (χ1v) is 8.17. The van der Waals surface area contributed by atoms with Crippen LogP contribution in [-0.2, 0) is 0 Å². The van der Waals surface area contributed by atoms with E-state index in [-0.39, 0.29) is 6.10 Å². The number of hydrogen-bond acceptors (Lipinski definition) is 5. The first-order valence-electron chi connectivity index (χ1n) is 8.17. The maximum Gasteiger partial charge on any atom is 0.242 e. The van der Waals surface area contributed by atoms with Gasteiger partial charge in [-0.05, 0) is 38.5 Å². The zero-order valence-corrected chi connectivity index (χ0v) is 13.1. The van der Waals surface area contributed by atoms with E-state index < -0.39 is 0 Å². The van der Waals surface area contributed by atoms with E-state index >= 15 is 0 Å². The van der Waals surface area contributed by atoms with Crippen molar-refractivity contribution in [2.75, 3.05) is 23.7 Å². The van der Waals surface area contributed by atoms with Gasteiger partial charge in [0.25, 0.3) is 0 Å². The minimum Gasteiger partial charge on any atom is -0.473 e. The molecule has 21 heavy (non-hydrogen) atoms. The Hall–Kier alpha value is -1.52. The molecule has 1 aliphatic heterocycles. The number of fused-ring (bicyclic) bond motifs is 1. The van der Waals surface area contributed by atoms with Crippen molar-refractivity contribution in [1.82, 2.24) is 9.97 Å². The van der Waals surface area contributed by atoms with Crippen molar-refractivity contribution < 1.29 is 4.74 Å². The van der Waals surface area contributed by atoms with Gasteiger partial charge in [-0.25, -0.2) is 4.98 Å². The van der Waals surface area contributed by atoms with E-state index in [2.05, 4.69) is 14.9 Å². The summed E-state index contributed by atoms with van der Waals surface area (Å²) in [6, 6.07) is 0. The summed E-state index contributed by atoms with van der Waals surface area (Å²) in [6.07, 6.45) is 8.42. The van der Waals surface area contributed by atoms with E-state index in [9.17, 15) is 0 Å². The molecular formula is C16H26N4O. The highest BCUT2D eigenvalue weighted by atomic mass is 16.5. The average molecular weight is 290 g/mol. The first-order chi connectivity index (χ1) is 10.1. The predicted octanol–water partition coefficient (Wildman–Crippen LogP) is 2.86. The van der Waals surface area contributed by atoms with Crippen molar-refractivity contribution in [3.63, 3.8) is 0 Å². The lowest BCUT2D eigenvalue weighted by atomic mass is 9.75. The molecule has 2 heterocycles. The molecule has 3 rings (SSSR count). The van der Waals surface area contributed by atoms with Gasteiger partial charge in [0.15, 0.2) is 5.82 Å². The number of piperidine rings is 1. The Kier molecular flexibility index (Phi) is 4.17. The van der Waals surface area contributed by atoms with Crippen LogP contribution in [0, 0.1) is 11.8 Å². The highest BCUT2D eigenvalue weighted by Crippen LogP contribution is 2.39. The summed E-state index contributed by atoms with van der Waals surface area (Å²) in [5.41, 5.74) is 6.82. The number of nitrogen functional groups attached to an aromatic ring is 1. The second-order valence-corrected chi connectivity index (χ2v) is 6.62. The number of hydrogen-bond donors (Lipinski definition) is 1. The van der Waals surface area contributed by atoms with Crippen molar-refractivity contribution in [3.05, 3.63) is 6.33 Å². The van der Waals surface area contributed by atoms with Crippen molar-refractivity contribution in [2.45, 2.75) is 52.1 Å². The van der Waals surface area contributed by atoms with E-state index in [1.807, 2.05) is 13.8 Å². The van der Waals surface area contributed by atoms with Crippen molar-refractivity contribution in [1.29, 1.82) is 0 Å². The van der Waals surface area contributed by atoms with Crippen LogP contribution in [-0.4, -0.2) is 29.2 Å². The Balaban J connectivity index is 1.77. The normalized spacial score (nSPS) is 25.8. The summed E-state index contributed by atoms with van der Waals surface area (Å²) in [4.78, 5) is 10.9. The molecule has 0 radical (unpaired) electrons. The van der Waals surface area contributed by atoms with Crippen molar-refractivity contribution in [3.8, 4) is 5.88 Å². The summed E-state index contributed by atoms with van der Waals surface area (Å²) in [6.45, 7) is 6.08. The third-order valence-corrected chi connectivity index (χ3v) is 4.76. The molecule has 1 aromatic rings. The lowest BCUT2D eigenvalue weighted by Crippen LogP contribution is -2.42. The molecule has 2 fully saturated rings. The maximum absolute atomic E-state index is 6.24. The molecule has 0 bridgehead atoms. The van der Waals surface area contributed by atoms with Gasteiger partial charge in [-0.1, -0.05) is 19.3 Å². The second-order valence-electron chi connectivity index (χ2n) is 6.62. The number of ether oxygens (including phenoxy) is 1. The van der Waals surface area contributed by atoms with E-state index in [4.69, 9.17) is 10.5 Å². The van der Waals surface area contributed by atoms with Crippen LogP contribution in [0.25, 0.3) is 0 Å². The van der Waals surface area contributed by atoms with Crippen LogP contribution in [0.5, 0.6) is 5.88 Å². The highest BCUT2D eigenvalue weighted by molar-refractivity contribution is 5.67. The van der Waals surface area contributed by atoms with Crippen molar-refractivity contribution in [2.24, 2.45) is 11.8 Å². The van der Waals surface area contributed by atoms with Gasteiger partial charge in [-0.2, -0.15) is 4.98 Å². The van der Waals surface area contributed by atoms with Gasteiger partial charge >= 0.3 is 0 Å². The van der Waals surface area contributed by atoms with Gasteiger partial charge in [-0.15, -0.1) is 0 Å².